The Labute approximate surface area is 192 Å². The first-order valence-electron chi connectivity index (χ1n) is 13.1. The number of carbonyl (C=O) groups excluding carboxylic acids is 1. The SMILES string of the molecule is CC(C)C1CCC(N2CCC(N3C(=O)[C@@H](C[C@H]4CCNC4)c4cc(F)ccc43)CC2)CC1. The van der Waals surface area contributed by atoms with E-state index >= 15 is 0 Å². The van der Waals surface area contributed by atoms with E-state index in [2.05, 4.69) is 29.0 Å². The third-order valence-electron chi connectivity index (χ3n) is 8.96. The van der Waals surface area contributed by atoms with Gasteiger partial charge in [-0.3, -0.25) is 4.79 Å². The molecule has 1 N–H and O–H groups in total. The number of carbonyl (C=O) groups is 1. The molecular weight excluding hydrogens is 401 g/mol. The third-order valence-corrected chi connectivity index (χ3v) is 8.96. The van der Waals surface area contributed by atoms with Crippen molar-refractivity contribution in [3.8, 4) is 0 Å². The molecule has 2 saturated heterocycles. The zero-order valence-corrected chi connectivity index (χ0v) is 19.9. The second-order valence-corrected chi connectivity index (χ2v) is 11.1. The monoisotopic (exact) mass is 441 g/mol. The Morgan fingerprint density at radius 1 is 1.03 bits per heavy atom. The number of benzene rings is 1. The molecule has 3 aliphatic heterocycles. The predicted octanol–water partition coefficient (Wildman–Crippen LogP) is 4.93. The van der Waals surface area contributed by atoms with E-state index in [4.69, 9.17) is 0 Å². The summed E-state index contributed by atoms with van der Waals surface area (Å²) in [6.45, 7) is 8.90. The van der Waals surface area contributed by atoms with Crippen LogP contribution in [0.1, 0.15) is 76.7 Å². The Kier molecular flexibility index (Phi) is 6.58. The molecule has 3 heterocycles. The maximum Gasteiger partial charge on any atom is 0.234 e. The molecule has 4 aliphatic rings. The van der Waals surface area contributed by atoms with Gasteiger partial charge in [-0.15, -0.1) is 0 Å². The van der Waals surface area contributed by atoms with Crippen molar-refractivity contribution in [3.63, 3.8) is 0 Å². The van der Waals surface area contributed by atoms with Gasteiger partial charge in [-0.1, -0.05) is 13.8 Å². The molecule has 1 aromatic carbocycles. The van der Waals surface area contributed by atoms with E-state index < -0.39 is 0 Å². The normalized spacial score (nSPS) is 32.1. The van der Waals surface area contributed by atoms with Crippen LogP contribution in [-0.4, -0.2) is 49.1 Å². The van der Waals surface area contributed by atoms with E-state index in [1.165, 1.54) is 31.7 Å². The van der Waals surface area contributed by atoms with Crippen molar-refractivity contribution >= 4 is 11.6 Å². The molecule has 3 fully saturated rings. The van der Waals surface area contributed by atoms with Crippen LogP contribution in [0.3, 0.4) is 0 Å². The lowest BCUT2D eigenvalue weighted by Gasteiger charge is -2.43. The summed E-state index contributed by atoms with van der Waals surface area (Å²) in [7, 11) is 0. The summed E-state index contributed by atoms with van der Waals surface area (Å²) in [5, 5.41) is 3.41. The van der Waals surface area contributed by atoms with Crippen LogP contribution in [0.4, 0.5) is 10.1 Å². The van der Waals surface area contributed by atoms with Crippen molar-refractivity contribution in [2.45, 2.75) is 83.2 Å². The number of halogens is 1. The molecule has 176 valence electrons. The first-order chi connectivity index (χ1) is 15.5. The molecule has 0 aromatic heterocycles. The minimum atomic E-state index is -0.222. The van der Waals surface area contributed by atoms with Crippen molar-refractivity contribution in [1.82, 2.24) is 10.2 Å². The second kappa shape index (κ2) is 9.42. The lowest BCUT2D eigenvalue weighted by Crippen LogP contribution is -2.50. The summed E-state index contributed by atoms with van der Waals surface area (Å²) in [6.07, 6.45) is 9.41. The standard InChI is InChI=1S/C27H40FN3O/c1-18(2)20-3-6-22(7-4-20)30-13-10-23(11-14-30)31-26-8-5-21(28)16-24(26)25(27(31)32)15-19-9-12-29-17-19/h5,8,16,18-20,22-23,25,29H,3-4,6-7,9-15,17H2,1-2H3/t19-,20?,22?,25+/m1/s1. The molecule has 0 radical (unpaired) electrons. The molecule has 1 aromatic rings. The number of hydrogen-bond acceptors (Lipinski definition) is 3. The van der Waals surface area contributed by atoms with Gasteiger partial charge in [0.15, 0.2) is 0 Å². The van der Waals surface area contributed by atoms with Crippen molar-refractivity contribution in [2.75, 3.05) is 31.1 Å². The largest absolute Gasteiger partial charge is 0.316 e. The number of piperidine rings is 1. The summed E-state index contributed by atoms with van der Waals surface area (Å²) in [6, 6.07) is 5.99. The fourth-order valence-electron chi connectivity index (χ4n) is 6.94. The van der Waals surface area contributed by atoms with Crippen LogP contribution >= 0.6 is 0 Å². The molecule has 32 heavy (non-hydrogen) atoms. The number of fused-ring (bicyclic) bond motifs is 1. The van der Waals surface area contributed by atoms with Crippen LogP contribution in [0.5, 0.6) is 0 Å². The highest BCUT2D eigenvalue weighted by molar-refractivity contribution is 6.05. The van der Waals surface area contributed by atoms with Gasteiger partial charge in [0.1, 0.15) is 5.82 Å². The van der Waals surface area contributed by atoms with E-state index in [9.17, 15) is 9.18 Å². The van der Waals surface area contributed by atoms with Crippen molar-refractivity contribution in [2.24, 2.45) is 17.8 Å². The number of likely N-dealkylation sites (tertiary alicyclic amines) is 1. The fraction of sp³-hybridized carbons (Fsp3) is 0.741. The highest BCUT2D eigenvalue weighted by Crippen LogP contribution is 2.44. The van der Waals surface area contributed by atoms with Gasteiger partial charge >= 0.3 is 0 Å². The maximum atomic E-state index is 14.1. The van der Waals surface area contributed by atoms with E-state index in [1.54, 1.807) is 6.07 Å². The molecule has 4 nitrogen and oxygen atoms in total. The Balaban J connectivity index is 1.25. The van der Waals surface area contributed by atoms with Crippen LogP contribution < -0.4 is 10.2 Å². The van der Waals surface area contributed by atoms with Gasteiger partial charge in [-0.2, -0.15) is 0 Å². The van der Waals surface area contributed by atoms with Crippen LogP contribution in [0, 0.1) is 23.6 Å². The van der Waals surface area contributed by atoms with Crippen molar-refractivity contribution in [1.29, 1.82) is 0 Å². The quantitative estimate of drug-likeness (QED) is 0.703. The minimum Gasteiger partial charge on any atom is -0.316 e. The smallest absolute Gasteiger partial charge is 0.234 e. The summed E-state index contributed by atoms with van der Waals surface area (Å²) in [5.41, 5.74) is 1.90. The average molecular weight is 442 g/mol. The lowest BCUT2D eigenvalue weighted by atomic mass is 9.79. The topological polar surface area (TPSA) is 35.6 Å². The molecule has 1 saturated carbocycles. The number of amides is 1. The van der Waals surface area contributed by atoms with E-state index in [0.29, 0.717) is 5.92 Å². The van der Waals surface area contributed by atoms with Crippen molar-refractivity contribution < 1.29 is 9.18 Å². The van der Waals surface area contributed by atoms with Gasteiger partial charge in [0, 0.05) is 30.9 Å². The molecule has 0 spiro atoms. The first kappa shape index (κ1) is 22.3. The Morgan fingerprint density at radius 2 is 1.78 bits per heavy atom. The van der Waals surface area contributed by atoms with Gasteiger partial charge in [-0.05, 0) is 106 Å². The lowest BCUT2D eigenvalue weighted by molar-refractivity contribution is -0.120. The molecule has 5 heteroatoms. The fourth-order valence-corrected chi connectivity index (χ4v) is 6.94. The summed E-state index contributed by atoms with van der Waals surface area (Å²) < 4.78 is 14.1. The highest BCUT2D eigenvalue weighted by atomic mass is 19.1. The molecule has 5 rings (SSSR count). The van der Waals surface area contributed by atoms with Gasteiger partial charge in [0.25, 0.3) is 0 Å². The highest BCUT2D eigenvalue weighted by Gasteiger charge is 2.43. The van der Waals surface area contributed by atoms with E-state index in [-0.39, 0.29) is 23.7 Å². The zero-order valence-electron chi connectivity index (χ0n) is 19.9. The Bertz CT molecular complexity index is 805. The molecule has 0 unspecified atom stereocenters. The van der Waals surface area contributed by atoms with Gasteiger partial charge in [0.2, 0.25) is 5.91 Å². The number of nitrogens with one attached hydrogen (secondary N) is 1. The number of anilines is 1. The molecule has 1 amide bonds. The van der Waals surface area contributed by atoms with Crippen LogP contribution in [0.2, 0.25) is 0 Å². The first-order valence-corrected chi connectivity index (χ1v) is 13.1. The number of nitrogens with zero attached hydrogens (tertiary/aromatic N) is 2. The van der Waals surface area contributed by atoms with E-state index in [1.807, 2.05) is 6.07 Å². The second-order valence-electron chi connectivity index (χ2n) is 11.1. The van der Waals surface area contributed by atoms with Crippen molar-refractivity contribution in [3.05, 3.63) is 29.6 Å². The maximum absolute atomic E-state index is 14.1. The van der Waals surface area contributed by atoms with Gasteiger partial charge in [0.05, 0.1) is 5.92 Å². The number of hydrogen-bond donors (Lipinski definition) is 1. The zero-order chi connectivity index (χ0) is 22.2. The molecule has 2 atom stereocenters. The summed E-state index contributed by atoms with van der Waals surface area (Å²) >= 11 is 0. The Hall–Kier alpha value is -1.46. The van der Waals surface area contributed by atoms with Crippen LogP contribution in [0.25, 0.3) is 0 Å². The van der Waals surface area contributed by atoms with Crippen LogP contribution in [0.15, 0.2) is 18.2 Å². The molecule has 1 aliphatic carbocycles. The minimum absolute atomic E-state index is 0.171. The van der Waals surface area contributed by atoms with Gasteiger partial charge < -0.3 is 15.1 Å². The van der Waals surface area contributed by atoms with E-state index in [0.717, 1.165) is 81.0 Å². The molecule has 0 bridgehead atoms. The Morgan fingerprint density at radius 3 is 2.44 bits per heavy atom. The summed E-state index contributed by atoms with van der Waals surface area (Å²) in [4.78, 5) is 18.4. The molecular formula is C27H40FN3O. The summed E-state index contributed by atoms with van der Waals surface area (Å²) in [5.74, 6) is 2.04. The average Bonchev–Trinajstić information content (AvgIpc) is 3.41. The third kappa shape index (κ3) is 4.35. The van der Waals surface area contributed by atoms with Crippen LogP contribution in [-0.2, 0) is 4.79 Å². The number of rotatable bonds is 5. The predicted molar refractivity (Wildman–Crippen MR) is 127 cm³/mol. The van der Waals surface area contributed by atoms with Gasteiger partial charge in [-0.25, -0.2) is 4.39 Å².